The van der Waals surface area contributed by atoms with Gasteiger partial charge in [0.05, 0.1) is 6.61 Å². The van der Waals surface area contributed by atoms with Gasteiger partial charge in [0, 0.05) is 12.6 Å². The maximum atomic E-state index is 9.54. The molecule has 2 fully saturated rings. The molecule has 100 valence electrons. The van der Waals surface area contributed by atoms with Crippen LogP contribution in [0.1, 0.15) is 51.4 Å². The Labute approximate surface area is 105 Å². The highest BCUT2D eigenvalue weighted by Crippen LogP contribution is 2.38. The van der Waals surface area contributed by atoms with E-state index in [1.54, 1.807) is 0 Å². The van der Waals surface area contributed by atoms with Gasteiger partial charge in [-0.25, -0.2) is 0 Å². The van der Waals surface area contributed by atoms with E-state index in [0.717, 1.165) is 26.1 Å². The van der Waals surface area contributed by atoms with Gasteiger partial charge in [0.25, 0.3) is 0 Å². The van der Waals surface area contributed by atoms with Crippen molar-refractivity contribution in [1.29, 1.82) is 0 Å². The van der Waals surface area contributed by atoms with E-state index in [9.17, 15) is 5.11 Å². The largest absolute Gasteiger partial charge is 0.395 e. The highest BCUT2D eigenvalue weighted by molar-refractivity contribution is 4.90. The van der Waals surface area contributed by atoms with E-state index in [2.05, 4.69) is 4.90 Å². The van der Waals surface area contributed by atoms with E-state index in [-0.39, 0.29) is 0 Å². The lowest BCUT2D eigenvalue weighted by Gasteiger charge is -2.37. The summed E-state index contributed by atoms with van der Waals surface area (Å²) < 4.78 is 0. The molecule has 0 aromatic carbocycles. The molecule has 2 rings (SSSR count). The zero-order chi connectivity index (χ0) is 12.1. The molecule has 1 unspecified atom stereocenters. The van der Waals surface area contributed by atoms with E-state index in [1.165, 1.54) is 44.9 Å². The molecule has 1 saturated heterocycles. The first-order valence-electron chi connectivity index (χ1n) is 7.35. The molecule has 1 aliphatic carbocycles. The zero-order valence-corrected chi connectivity index (χ0v) is 11.0. The highest BCUT2D eigenvalue weighted by Gasteiger charge is 2.36. The van der Waals surface area contributed by atoms with Crippen LogP contribution in [0.15, 0.2) is 0 Å². The first-order valence-corrected chi connectivity index (χ1v) is 7.35. The quantitative estimate of drug-likeness (QED) is 0.787. The van der Waals surface area contributed by atoms with Crippen molar-refractivity contribution in [2.24, 2.45) is 11.1 Å². The molecule has 0 amide bonds. The number of aliphatic hydroxyl groups is 1. The van der Waals surface area contributed by atoms with Crippen LogP contribution in [0.5, 0.6) is 0 Å². The molecule has 0 aromatic heterocycles. The molecule has 3 heteroatoms. The van der Waals surface area contributed by atoms with Gasteiger partial charge in [-0.3, -0.25) is 4.90 Å². The molecule has 0 aromatic rings. The maximum Gasteiger partial charge on any atom is 0.0586 e. The fourth-order valence-electron chi connectivity index (χ4n) is 3.63. The molecule has 17 heavy (non-hydrogen) atoms. The average Bonchev–Trinajstić information content (AvgIpc) is 2.70. The van der Waals surface area contributed by atoms with Crippen LogP contribution in [0, 0.1) is 5.41 Å². The summed E-state index contributed by atoms with van der Waals surface area (Å²) in [7, 11) is 0. The lowest BCUT2D eigenvalue weighted by Crippen LogP contribution is -2.46. The summed E-state index contributed by atoms with van der Waals surface area (Å²) >= 11 is 0. The van der Waals surface area contributed by atoms with Gasteiger partial charge < -0.3 is 10.8 Å². The molecule has 0 radical (unpaired) electrons. The van der Waals surface area contributed by atoms with Crippen molar-refractivity contribution in [2.75, 3.05) is 26.2 Å². The van der Waals surface area contributed by atoms with Gasteiger partial charge in [-0.2, -0.15) is 0 Å². The van der Waals surface area contributed by atoms with E-state index < -0.39 is 0 Å². The third-order valence-corrected chi connectivity index (χ3v) is 4.85. The van der Waals surface area contributed by atoms with Crippen molar-refractivity contribution in [3.05, 3.63) is 0 Å². The van der Waals surface area contributed by atoms with E-state index >= 15 is 0 Å². The van der Waals surface area contributed by atoms with Gasteiger partial charge in [0.1, 0.15) is 0 Å². The topological polar surface area (TPSA) is 49.5 Å². The van der Waals surface area contributed by atoms with Crippen molar-refractivity contribution in [3.8, 4) is 0 Å². The van der Waals surface area contributed by atoms with Crippen LogP contribution in [0.4, 0.5) is 0 Å². The number of likely N-dealkylation sites (tertiary alicyclic amines) is 1. The second-order valence-electron chi connectivity index (χ2n) is 6.07. The predicted octanol–water partition coefficient (Wildman–Crippen LogP) is 1.74. The van der Waals surface area contributed by atoms with Crippen molar-refractivity contribution in [1.82, 2.24) is 4.90 Å². The van der Waals surface area contributed by atoms with Crippen molar-refractivity contribution >= 4 is 0 Å². The number of nitrogens with two attached hydrogens (primary N) is 1. The molecule has 1 saturated carbocycles. The van der Waals surface area contributed by atoms with Crippen LogP contribution in [0.25, 0.3) is 0 Å². The smallest absolute Gasteiger partial charge is 0.0586 e. The Bertz CT molecular complexity index is 226. The Balaban J connectivity index is 1.98. The summed E-state index contributed by atoms with van der Waals surface area (Å²) in [5.74, 6) is 0. The number of hydrogen-bond donors (Lipinski definition) is 2. The summed E-state index contributed by atoms with van der Waals surface area (Å²) in [6.45, 7) is 3.42. The molecule has 3 nitrogen and oxygen atoms in total. The molecule has 0 bridgehead atoms. The third kappa shape index (κ3) is 3.21. The Morgan fingerprint density at radius 3 is 2.53 bits per heavy atom. The number of hydrogen-bond acceptors (Lipinski definition) is 3. The minimum Gasteiger partial charge on any atom is -0.395 e. The van der Waals surface area contributed by atoms with Gasteiger partial charge in [0.15, 0.2) is 0 Å². The minimum absolute atomic E-state index is 0.320. The van der Waals surface area contributed by atoms with Crippen LogP contribution in [-0.4, -0.2) is 42.3 Å². The van der Waals surface area contributed by atoms with E-state index in [1.807, 2.05) is 0 Å². The van der Waals surface area contributed by atoms with Crippen LogP contribution in [0.2, 0.25) is 0 Å². The highest BCUT2D eigenvalue weighted by atomic mass is 16.3. The molecule has 1 atom stereocenters. The third-order valence-electron chi connectivity index (χ3n) is 4.85. The van der Waals surface area contributed by atoms with Gasteiger partial charge >= 0.3 is 0 Å². The number of nitrogens with zero attached hydrogens (tertiary/aromatic N) is 1. The standard InChI is InChI=1S/C14H28N2O/c15-11-14(7-3-4-8-14)12-16-9-5-1-2-6-13(16)10-17/h13,17H,1-12,15H2. The fraction of sp³-hybridized carbons (Fsp3) is 1.00. The molecule has 3 N–H and O–H groups in total. The Morgan fingerprint density at radius 1 is 1.12 bits per heavy atom. The minimum atomic E-state index is 0.320. The van der Waals surface area contributed by atoms with Crippen LogP contribution >= 0.6 is 0 Å². The van der Waals surface area contributed by atoms with Crippen molar-refractivity contribution in [3.63, 3.8) is 0 Å². The van der Waals surface area contributed by atoms with Crippen molar-refractivity contribution in [2.45, 2.75) is 57.4 Å². The lowest BCUT2D eigenvalue weighted by molar-refractivity contribution is 0.0785. The Kier molecular flexibility index (Phi) is 4.83. The Hall–Kier alpha value is -0.120. The summed E-state index contributed by atoms with van der Waals surface area (Å²) in [6, 6.07) is 0.390. The normalized spacial score (nSPS) is 30.4. The molecule has 2 aliphatic rings. The SMILES string of the molecule is NCC1(CN2CCCCCC2CO)CCCC1. The average molecular weight is 240 g/mol. The summed E-state index contributed by atoms with van der Waals surface area (Å²) in [5, 5.41) is 9.54. The van der Waals surface area contributed by atoms with Crippen LogP contribution in [0.3, 0.4) is 0 Å². The van der Waals surface area contributed by atoms with E-state index in [4.69, 9.17) is 5.73 Å². The van der Waals surface area contributed by atoms with Gasteiger partial charge in [-0.15, -0.1) is 0 Å². The first kappa shape index (κ1) is 13.3. The summed E-state index contributed by atoms with van der Waals surface area (Å²) in [5.41, 5.74) is 6.38. The van der Waals surface area contributed by atoms with Gasteiger partial charge in [-0.05, 0) is 44.2 Å². The first-order chi connectivity index (χ1) is 8.29. The zero-order valence-electron chi connectivity index (χ0n) is 11.0. The lowest BCUT2D eigenvalue weighted by atomic mass is 9.85. The summed E-state index contributed by atoms with van der Waals surface area (Å²) in [4.78, 5) is 2.53. The molecule has 1 aliphatic heterocycles. The second kappa shape index (κ2) is 6.17. The van der Waals surface area contributed by atoms with Crippen LogP contribution in [-0.2, 0) is 0 Å². The number of aliphatic hydroxyl groups excluding tert-OH is 1. The van der Waals surface area contributed by atoms with Crippen molar-refractivity contribution < 1.29 is 5.11 Å². The monoisotopic (exact) mass is 240 g/mol. The molecular formula is C14H28N2O. The molecule has 0 spiro atoms. The maximum absolute atomic E-state index is 9.54. The summed E-state index contributed by atoms with van der Waals surface area (Å²) in [6.07, 6.45) is 10.3. The molecule has 1 heterocycles. The fourth-order valence-corrected chi connectivity index (χ4v) is 3.63. The van der Waals surface area contributed by atoms with Crippen LogP contribution < -0.4 is 5.73 Å². The molecular weight excluding hydrogens is 212 g/mol. The van der Waals surface area contributed by atoms with Gasteiger partial charge in [0.2, 0.25) is 0 Å². The van der Waals surface area contributed by atoms with E-state index in [0.29, 0.717) is 18.1 Å². The van der Waals surface area contributed by atoms with Gasteiger partial charge in [-0.1, -0.05) is 25.7 Å². The number of rotatable bonds is 4. The second-order valence-corrected chi connectivity index (χ2v) is 6.07. The Morgan fingerprint density at radius 2 is 1.88 bits per heavy atom. The predicted molar refractivity (Wildman–Crippen MR) is 70.9 cm³/mol.